The van der Waals surface area contributed by atoms with Gasteiger partial charge in [0.25, 0.3) is 5.91 Å². The molecule has 2 heterocycles. The Labute approximate surface area is 103 Å². The third kappa shape index (κ3) is 2.78. The minimum Gasteiger partial charge on any atom is -0.372 e. The van der Waals surface area contributed by atoms with Crippen molar-refractivity contribution in [2.75, 3.05) is 12.4 Å². The molecule has 0 spiro atoms. The van der Waals surface area contributed by atoms with Crippen molar-refractivity contribution in [2.45, 2.75) is 13.5 Å². The van der Waals surface area contributed by atoms with Gasteiger partial charge < -0.3 is 15.2 Å². The van der Waals surface area contributed by atoms with Crippen LogP contribution in [0.4, 0.5) is 5.82 Å². The molecule has 1 amide bonds. The standard InChI is InChI=1S/C10H12N6O2/c1-6-13-9(18-16-6)5-12-10(17)7-3-4-8(11-2)15-14-7/h3-4H,5H2,1-2H3,(H,11,15)(H,12,17). The first kappa shape index (κ1) is 12.0. The second-order valence-electron chi connectivity index (χ2n) is 3.47. The molecule has 0 aromatic carbocycles. The van der Waals surface area contributed by atoms with Crippen molar-refractivity contribution >= 4 is 11.7 Å². The number of hydrogen-bond donors (Lipinski definition) is 2. The predicted octanol–water partition coefficient (Wildman–Crippen LogP) is 0.140. The van der Waals surface area contributed by atoms with Crippen molar-refractivity contribution in [2.24, 2.45) is 0 Å². The highest BCUT2D eigenvalue weighted by Gasteiger charge is 2.09. The van der Waals surface area contributed by atoms with Gasteiger partial charge in [0.2, 0.25) is 5.89 Å². The molecule has 0 radical (unpaired) electrons. The summed E-state index contributed by atoms with van der Waals surface area (Å²) in [5.41, 5.74) is 0.227. The van der Waals surface area contributed by atoms with E-state index in [2.05, 4.69) is 31.0 Å². The quantitative estimate of drug-likeness (QED) is 0.792. The van der Waals surface area contributed by atoms with Crippen molar-refractivity contribution < 1.29 is 9.32 Å². The first-order valence-corrected chi connectivity index (χ1v) is 5.28. The number of nitrogens with one attached hydrogen (secondary N) is 2. The maximum absolute atomic E-state index is 11.7. The highest BCUT2D eigenvalue weighted by molar-refractivity contribution is 5.92. The number of aryl methyl sites for hydroxylation is 1. The Morgan fingerprint density at radius 2 is 2.22 bits per heavy atom. The van der Waals surface area contributed by atoms with Crippen molar-refractivity contribution in [3.63, 3.8) is 0 Å². The first-order chi connectivity index (χ1) is 8.69. The number of carbonyl (C=O) groups excluding carboxylic acids is 1. The number of aromatic nitrogens is 4. The average molecular weight is 248 g/mol. The van der Waals surface area contributed by atoms with Crippen molar-refractivity contribution in [3.8, 4) is 0 Å². The van der Waals surface area contributed by atoms with Gasteiger partial charge in [-0.1, -0.05) is 5.16 Å². The van der Waals surface area contributed by atoms with Crippen molar-refractivity contribution in [1.82, 2.24) is 25.7 Å². The van der Waals surface area contributed by atoms with E-state index >= 15 is 0 Å². The van der Waals surface area contributed by atoms with Crippen LogP contribution in [0.1, 0.15) is 22.2 Å². The molecule has 0 saturated heterocycles. The number of rotatable bonds is 4. The molecule has 0 unspecified atom stereocenters. The zero-order valence-electron chi connectivity index (χ0n) is 9.97. The summed E-state index contributed by atoms with van der Waals surface area (Å²) in [6.07, 6.45) is 0. The lowest BCUT2D eigenvalue weighted by atomic mass is 10.3. The molecule has 0 aliphatic heterocycles. The largest absolute Gasteiger partial charge is 0.372 e. The predicted molar refractivity (Wildman–Crippen MR) is 61.8 cm³/mol. The van der Waals surface area contributed by atoms with E-state index in [1.54, 1.807) is 26.1 Å². The van der Waals surface area contributed by atoms with Crippen LogP contribution in [0, 0.1) is 6.92 Å². The normalized spacial score (nSPS) is 10.1. The summed E-state index contributed by atoms with van der Waals surface area (Å²) in [6, 6.07) is 3.24. The molecule has 18 heavy (non-hydrogen) atoms. The third-order valence-corrected chi connectivity index (χ3v) is 2.12. The van der Waals surface area contributed by atoms with Crippen LogP contribution in [0.15, 0.2) is 16.7 Å². The van der Waals surface area contributed by atoms with Gasteiger partial charge in [-0.2, -0.15) is 4.98 Å². The van der Waals surface area contributed by atoms with Gasteiger partial charge in [-0.05, 0) is 19.1 Å². The number of carbonyl (C=O) groups is 1. The fourth-order valence-electron chi connectivity index (χ4n) is 1.24. The highest BCUT2D eigenvalue weighted by Crippen LogP contribution is 2.01. The van der Waals surface area contributed by atoms with Crippen LogP contribution in [0.2, 0.25) is 0 Å². The Hall–Kier alpha value is -2.51. The van der Waals surface area contributed by atoms with Gasteiger partial charge in [0, 0.05) is 7.05 Å². The summed E-state index contributed by atoms with van der Waals surface area (Å²) < 4.78 is 4.87. The van der Waals surface area contributed by atoms with Crippen molar-refractivity contribution in [3.05, 3.63) is 29.5 Å². The number of hydrogen-bond acceptors (Lipinski definition) is 7. The number of nitrogens with zero attached hydrogens (tertiary/aromatic N) is 4. The van der Waals surface area contributed by atoms with E-state index < -0.39 is 0 Å². The zero-order valence-corrected chi connectivity index (χ0v) is 9.97. The molecule has 0 aliphatic rings. The van der Waals surface area contributed by atoms with E-state index in [0.717, 1.165) is 0 Å². The van der Waals surface area contributed by atoms with Crippen LogP contribution in [-0.2, 0) is 6.54 Å². The second-order valence-corrected chi connectivity index (χ2v) is 3.47. The lowest BCUT2D eigenvalue weighted by Gasteiger charge is -2.01. The smallest absolute Gasteiger partial charge is 0.272 e. The Bertz CT molecular complexity index is 536. The molecule has 8 heteroatoms. The molecular weight excluding hydrogens is 236 g/mol. The molecule has 0 aliphatic carbocycles. The summed E-state index contributed by atoms with van der Waals surface area (Å²) in [5.74, 6) is 1.12. The van der Waals surface area contributed by atoms with Crippen LogP contribution in [0.3, 0.4) is 0 Å². The Morgan fingerprint density at radius 1 is 1.39 bits per heavy atom. The van der Waals surface area contributed by atoms with Crippen LogP contribution < -0.4 is 10.6 Å². The van der Waals surface area contributed by atoms with Gasteiger partial charge in [0.05, 0.1) is 6.54 Å². The van der Waals surface area contributed by atoms with E-state index in [4.69, 9.17) is 4.52 Å². The third-order valence-electron chi connectivity index (χ3n) is 2.12. The molecule has 2 N–H and O–H groups in total. The van der Waals surface area contributed by atoms with Gasteiger partial charge in [0.15, 0.2) is 11.5 Å². The SMILES string of the molecule is CNc1ccc(C(=O)NCc2nc(C)no2)nn1. The molecule has 8 nitrogen and oxygen atoms in total. The Morgan fingerprint density at radius 3 is 2.78 bits per heavy atom. The molecule has 2 aromatic rings. The van der Waals surface area contributed by atoms with Crippen LogP contribution >= 0.6 is 0 Å². The van der Waals surface area contributed by atoms with Gasteiger partial charge in [-0.25, -0.2) is 0 Å². The fraction of sp³-hybridized carbons (Fsp3) is 0.300. The molecule has 0 fully saturated rings. The van der Waals surface area contributed by atoms with Gasteiger partial charge in [-0.3, -0.25) is 4.79 Å². The minimum atomic E-state index is -0.346. The maximum atomic E-state index is 11.7. The van der Waals surface area contributed by atoms with E-state index in [9.17, 15) is 4.79 Å². The minimum absolute atomic E-state index is 0.162. The molecule has 0 bridgehead atoms. The van der Waals surface area contributed by atoms with E-state index in [0.29, 0.717) is 17.5 Å². The van der Waals surface area contributed by atoms with Gasteiger partial charge >= 0.3 is 0 Å². The van der Waals surface area contributed by atoms with Crippen LogP contribution in [0.5, 0.6) is 0 Å². The van der Waals surface area contributed by atoms with E-state index in [1.165, 1.54) is 0 Å². The molecule has 2 aromatic heterocycles. The number of amides is 1. The average Bonchev–Trinajstić information content (AvgIpc) is 2.82. The number of anilines is 1. The van der Waals surface area contributed by atoms with Gasteiger partial charge in [-0.15, -0.1) is 10.2 Å². The first-order valence-electron chi connectivity index (χ1n) is 5.28. The summed E-state index contributed by atoms with van der Waals surface area (Å²) in [7, 11) is 1.72. The summed E-state index contributed by atoms with van der Waals surface area (Å²) >= 11 is 0. The van der Waals surface area contributed by atoms with E-state index in [-0.39, 0.29) is 18.1 Å². The lowest BCUT2D eigenvalue weighted by molar-refractivity contribution is 0.0940. The fourth-order valence-corrected chi connectivity index (χ4v) is 1.24. The molecule has 0 atom stereocenters. The van der Waals surface area contributed by atoms with Crippen molar-refractivity contribution in [1.29, 1.82) is 0 Å². The second kappa shape index (κ2) is 5.21. The molecule has 94 valence electrons. The van der Waals surface area contributed by atoms with Crippen LogP contribution in [0.25, 0.3) is 0 Å². The topological polar surface area (TPSA) is 106 Å². The summed E-state index contributed by atoms with van der Waals surface area (Å²) in [4.78, 5) is 15.7. The molecular formula is C10H12N6O2. The Balaban J connectivity index is 1.94. The Kier molecular flexibility index (Phi) is 3.46. The lowest BCUT2D eigenvalue weighted by Crippen LogP contribution is -2.24. The maximum Gasteiger partial charge on any atom is 0.272 e. The molecule has 0 saturated carbocycles. The van der Waals surface area contributed by atoms with Gasteiger partial charge in [0.1, 0.15) is 5.82 Å². The highest BCUT2D eigenvalue weighted by atomic mass is 16.5. The summed E-state index contributed by atoms with van der Waals surface area (Å²) in [5, 5.41) is 16.6. The molecule has 2 rings (SSSR count). The van der Waals surface area contributed by atoms with E-state index in [1.807, 2.05) is 0 Å². The van der Waals surface area contributed by atoms with Crippen LogP contribution in [-0.4, -0.2) is 33.3 Å². The zero-order chi connectivity index (χ0) is 13.0. The summed E-state index contributed by atoms with van der Waals surface area (Å²) in [6.45, 7) is 1.87. The monoisotopic (exact) mass is 248 g/mol.